The molecular weight excluding hydrogens is 350 g/mol. The molecule has 1 unspecified atom stereocenters. The van der Waals surface area contributed by atoms with Gasteiger partial charge in [-0.05, 0) is 98.2 Å². The molecule has 1 heterocycles. The predicted octanol–water partition coefficient (Wildman–Crippen LogP) is 6.27. The van der Waals surface area contributed by atoms with Crippen molar-refractivity contribution in [2.45, 2.75) is 90.6 Å². The van der Waals surface area contributed by atoms with E-state index < -0.39 is 0 Å². The first-order chi connectivity index (χ1) is 12.9. The highest BCUT2D eigenvalue weighted by atomic mass is 32.1. The lowest BCUT2D eigenvalue weighted by Gasteiger charge is -2.61. The molecule has 0 saturated heterocycles. The minimum atomic E-state index is -0.0247. The highest BCUT2D eigenvalue weighted by Gasteiger charge is 2.60. The second-order valence-corrected chi connectivity index (χ2v) is 11.7. The van der Waals surface area contributed by atoms with Crippen LogP contribution in [0.25, 0.3) is 0 Å². The van der Waals surface area contributed by atoms with Crippen LogP contribution >= 0.6 is 11.3 Å². The highest BCUT2D eigenvalue weighted by Crippen LogP contribution is 2.68. The molecule has 5 rings (SSSR count). The van der Waals surface area contributed by atoms with Crippen molar-refractivity contribution in [3.05, 3.63) is 16.6 Å². The summed E-state index contributed by atoms with van der Waals surface area (Å²) in [5.41, 5.74) is 4.37. The molecule has 27 heavy (non-hydrogen) atoms. The van der Waals surface area contributed by atoms with Crippen molar-refractivity contribution in [3.63, 3.8) is 0 Å². The lowest BCUT2D eigenvalue weighted by molar-refractivity contribution is -0.127. The normalized spacial score (nSPS) is 50.5. The van der Waals surface area contributed by atoms with Crippen LogP contribution < -0.4 is 0 Å². The van der Waals surface area contributed by atoms with Gasteiger partial charge in [-0.1, -0.05) is 20.8 Å². The first kappa shape index (κ1) is 18.6. The third-order valence-corrected chi connectivity index (χ3v) is 10.8. The summed E-state index contributed by atoms with van der Waals surface area (Å²) in [7, 11) is 0. The fourth-order valence-electron chi connectivity index (χ4n) is 8.75. The molecule has 4 saturated carbocycles. The van der Waals surface area contributed by atoms with Crippen molar-refractivity contribution in [3.8, 4) is 0 Å². The standard InChI is InChI=1S/C24H37NOS/c1-15(22-13-27-14-25-22)19-6-7-20-18-5-4-16-12-17(26)8-10-23(16,2)21(18)9-11-24(19,20)3/h13-21,26H,4-12H2,1-3H3/t15?,16-,17-,18-,19+,20-,21-,23-,24+/m0/s1. The molecule has 4 aliphatic carbocycles. The first-order valence-electron chi connectivity index (χ1n) is 11.5. The summed E-state index contributed by atoms with van der Waals surface area (Å²) >= 11 is 1.75. The summed E-state index contributed by atoms with van der Waals surface area (Å²) in [6.07, 6.45) is 11.9. The number of thiazole rings is 1. The molecule has 0 aromatic carbocycles. The number of fused-ring (bicyclic) bond motifs is 5. The average Bonchev–Trinajstić information content (AvgIpc) is 3.29. The van der Waals surface area contributed by atoms with Crippen LogP contribution in [0.4, 0.5) is 0 Å². The number of hydrogen-bond acceptors (Lipinski definition) is 3. The van der Waals surface area contributed by atoms with E-state index in [2.05, 4.69) is 31.1 Å². The van der Waals surface area contributed by atoms with Gasteiger partial charge in [0.05, 0.1) is 17.3 Å². The van der Waals surface area contributed by atoms with E-state index in [-0.39, 0.29) is 6.10 Å². The van der Waals surface area contributed by atoms with Crippen molar-refractivity contribution in [2.75, 3.05) is 0 Å². The van der Waals surface area contributed by atoms with Crippen molar-refractivity contribution in [2.24, 2.45) is 40.4 Å². The molecule has 9 atom stereocenters. The number of rotatable bonds is 2. The van der Waals surface area contributed by atoms with Gasteiger partial charge in [-0.25, -0.2) is 4.98 Å². The Morgan fingerprint density at radius 3 is 2.59 bits per heavy atom. The van der Waals surface area contributed by atoms with E-state index >= 15 is 0 Å². The number of hydrogen-bond donors (Lipinski definition) is 1. The van der Waals surface area contributed by atoms with Crippen LogP contribution in [0.5, 0.6) is 0 Å². The molecular formula is C24H37NOS. The van der Waals surface area contributed by atoms with Gasteiger partial charge in [-0.15, -0.1) is 11.3 Å². The van der Waals surface area contributed by atoms with Gasteiger partial charge in [0.1, 0.15) is 0 Å². The molecule has 0 aliphatic heterocycles. The zero-order valence-corrected chi connectivity index (χ0v) is 18.2. The Labute approximate surface area is 169 Å². The van der Waals surface area contributed by atoms with Gasteiger partial charge < -0.3 is 5.11 Å². The maximum atomic E-state index is 10.2. The Balaban J connectivity index is 1.40. The highest BCUT2D eigenvalue weighted by molar-refractivity contribution is 7.07. The zero-order valence-electron chi connectivity index (χ0n) is 17.4. The van der Waals surface area contributed by atoms with E-state index in [0.29, 0.717) is 16.7 Å². The summed E-state index contributed by atoms with van der Waals surface area (Å²) in [6, 6.07) is 0. The van der Waals surface area contributed by atoms with Gasteiger partial charge in [0.25, 0.3) is 0 Å². The fourth-order valence-corrected chi connectivity index (χ4v) is 9.41. The zero-order chi connectivity index (χ0) is 18.8. The largest absolute Gasteiger partial charge is 0.393 e. The number of aromatic nitrogens is 1. The van der Waals surface area contributed by atoms with Gasteiger partial charge in [-0.3, -0.25) is 0 Å². The number of nitrogens with zero attached hydrogens (tertiary/aromatic N) is 1. The average molecular weight is 388 g/mol. The molecule has 0 radical (unpaired) electrons. The van der Waals surface area contributed by atoms with E-state index in [1.165, 1.54) is 50.6 Å². The van der Waals surface area contributed by atoms with Crippen LogP contribution in [0, 0.1) is 40.4 Å². The topological polar surface area (TPSA) is 33.1 Å². The Morgan fingerprint density at radius 1 is 1.04 bits per heavy atom. The molecule has 1 aromatic heterocycles. The summed E-state index contributed by atoms with van der Waals surface area (Å²) in [5.74, 6) is 4.97. The SMILES string of the molecule is CC(c1cscn1)[C@H]1CC[C@H]2[C@@H]3CC[C@H]4C[C@@H](O)CC[C@]4(C)[C@H]3CC[C@]12C. The Kier molecular flexibility index (Phi) is 4.52. The van der Waals surface area contributed by atoms with E-state index in [1.807, 2.05) is 5.51 Å². The smallest absolute Gasteiger partial charge is 0.0794 e. The fraction of sp³-hybridized carbons (Fsp3) is 0.875. The molecule has 1 aromatic rings. The first-order valence-corrected chi connectivity index (χ1v) is 12.4. The van der Waals surface area contributed by atoms with Crippen LogP contribution in [0.3, 0.4) is 0 Å². The number of aliphatic hydroxyl groups excluding tert-OH is 1. The minimum absolute atomic E-state index is 0.0247. The number of aliphatic hydroxyl groups is 1. The molecule has 150 valence electrons. The van der Waals surface area contributed by atoms with Crippen LogP contribution in [-0.2, 0) is 0 Å². The van der Waals surface area contributed by atoms with Gasteiger partial charge in [-0.2, -0.15) is 0 Å². The molecule has 0 amide bonds. The van der Waals surface area contributed by atoms with Crippen LogP contribution in [0.1, 0.15) is 90.2 Å². The quantitative estimate of drug-likeness (QED) is 0.649. The molecule has 0 bridgehead atoms. The van der Waals surface area contributed by atoms with Gasteiger partial charge in [0.2, 0.25) is 0 Å². The second-order valence-electron chi connectivity index (χ2n) is 11.0. The third-order valence-electron chi connectivity index (χ3n) is 10.2. The molecule has 0 spiro atoms. The van der Waals surface area contributed by atoms with Crippen molar-refractivity contribution >= 4 is 11.3 Å². The van der Waals surface area contributed by atoms with Crippen molar-refractivity contribution in [1.82, 2.24) is 4.98 Å². The lowest BCUT2D eigenvalue weighted by atomic mass is 9.44. The Hall–Kier alpha value is -0.410. The van der Waals surface area contributed by atoms with Gasteiger partial charge in [0, 0.05) is 11.3 Å². The molecule has 4 aliphatic rings. The van der Waals surface area contributed by atoms with E-state index in [4.69, 9.17) is 0 Å². The van der Waals surface area contributed by atoms with Gasteiger partial charge in [0.15, 0.2) is 0 Å². The van der Waals surface area contributed by atoms with Crippen LogP contribution in [0.2, 0.25) is 0 Å². The minimum Gasteiger partial charge on any atom is -0.393 e. The maximum absolute atomic E-state index is 10.2. The predicted molar refractivity (Wildman–Crippen MR) is 112 cm³/mol. The maximum Gasteiger partial charge on any atom is 0.0794 e. The summed E-state index contributed by atoms with van der Waals surface area (Å²) in [5, 5.41) is 12.5. The summed E-state index contributed by atoms with van der Waals surface area (Å²) < 4.78 is 0. The van der Waals surface area contributed by atoms with E-state index in [0.717, 1.165) is 42.4 Å². The molecule has 3 heteroatoms. The third kappa shape index (κ3) is 2.70. The molecule has 2 nitrogen and oxygen atoms in total. The van der Waals surface area contributed by atoms with E-state index in [9.17, 15) is 5.11 Å². The second kappa shape index (κ2) is 6.55. The Morgan fingerprint density at radius 2 is 1.81 bits per heavy atom. The van der Waals surface area contributed by atoms with Crippen molar-refractivity contribution < 1.29 is 5.11 Å². The van der Waals surface area contributed by atoms with Crippen LogP contribution in [-0.4, -0.2) is 16.2 Å². The molecule has 1 N–H and O–H groups in total. The monoisotopic (exact) mass is 387 g/mol. The Bertz CT molecular complexity index is 674. The van der Waals surface area contributed by atoms with Crippen molar-refractivity contribution in [1.29, 1.82) is 0 Å². The summed E-state index contributed by atoms with van der Waals surface area (Å²) in [4.78, 5) is 4.68. The van der Waals surface area contributed by atoms with E-state index in [1.54, 1.807) is 11.3 Å². The van der Waals surface area contributed by atoms with Crippen LogP contribution in [0.15, 0.2) is 10.9 Å². The lowest BCUT2D eigenvalue weighted by Crippen LogP contribution is -2.54. The molecule has 4 fully saturated rings. The van der Waals surface area contributed by atoms with Gasteiger partial charge >= 0.3 is 0 Å². The summed E-state index contributed by atoms with van der Waals surface area (Å²) in [6.45, 7) is 7.70.